The van der Waals surface area contributed by atoms with Crippen molar-refractivity contribution in [2.75, 3.05) is 0 Å². The minimum Gasteiger partial charge on any atom is -0.392 e. The maximum absolute atomic E-state index is 12.9. The van der Waals surface area contributed by atoms with Gasteiger partial charge >= 0.3 is 0 Å². The lowest BCUT2D eigenvalue weighted by molar-refractivity contribution is 0.110. The summed E-state index contributed by atoms with van der Waals surface area (Å²) < 4.78 is 12.9. The third-order valence-electron chi connectivity index (χ3n) is 3.45. The Kier molecular flexibility index (Phi) is 0.544. The fourth-order valence-electron chi connectivity index (χ4n) is 3.01. The molecule has 1 N–H and O–H groups in total. The summed E-state index contributed by atoms with van der Waals surface area (Å²) in [4.78, 5) is 0. The van der Waals surface area contributed by atoms with Crippen molar-refractivity contribution in [2.45, 2.75) is 18.7 Å². The van der Waals surface area contributed by atoms with Crippen LogP contribution in [0.25, 0.3) is 0 Å². The highest BCUT2D eigenvalue weighted by Crippen LogP contribution is 2.71. The molecule has 1 nitrogen and oxygen atoms in total. The van der Waals surface area contributed by atoms with Crippen LogP contribution in [-0.4, -0.2) is 17.4 Å². The van der Waals surface area contributed by atoms with E-state index in [2.05, 4.69) is 0 Å². The molecule has 0 amide bonds. The van der Waals surface area contributed by atoms with Gasteiger partial charge in [0.1, 0.15) is 6.17 Å². The first-order valence-corrected chi connectivity index (χ1v) is 3.63. The van der Waals surface area contributed by atoms with Gasteiger partial charge in [-0.3, -0.25) is 0 Å². The molecule has 4 saturated carbocycles. The minimum atomic E-state index is -0.644. The van der Waals surface area contributed by atoms with Gasteiger partial charge in [-0.15, -0.1) is 0 Å². The largest absolute Gasteiger partial charge is 0.392 e. The number of halogens is 1. The predicted octanol–water partition coefficient (Wildman–Crippen LogP) is 0.581. The third-order valence-corrected chi connectivity index (χ3v) is 3.45. The molecule has 50 valence electrons. The van der Waals surface area contributed by atoms with Crippen molar-refractivity contribution >= 4 is 0 Å². The lowest BCUT2D eigenvalue weighted by Crippen LogP contribution is -2.16. The molecule has 0 radical (unpaired) electrons. The second-order valence-corrected chi connectivity index (χ2v) is 3.65. The Balaban J connectivity index is 2.07. The summed E-state index contributed by atoms with van der Waals surface area (Å²) in [6, 6.07) is 0. The first-order valence-electron chi connectivity index (χ1n) is 3.63. The van der Waals surface area contributed by atoms with Crippen LogP contribution in [0, 0.1) is 23.7 Å². The Bertz CT molecular complexity index is 150. The zero-order valence-electron chi connectivity index (χ0n) is 5.00. The quantitative estimate of drug-likeness (QED) is 0.506. The average molecular weight is 128 g/mol. The molecular weight excluding hydrogens is 119 g/mol. The van der Waals surface area contributed by atoms with E-state index in [-0.39, 0.29) is 17.9 Å². The molecule has 4 bridgehead atoms. The second-order valence-electron chi connectivity index (χ2n) is 3.65. The van der Waals surface area contributed by atoms with Gasteiger partial charge in [-0.1, -0.05) is 0 Å². The van der Waals surface area contributed by atoms with Gasteiger partial charge in [0.2, 0.25) is 0 Å². The van der Waals surface area contributed by atoms with Crippen molar-refractivity contribution in [1.29, 1.82) is 0 Å². The van der Waals surface area contributed by atoms with Gasteiger partial charge < -0.3 is 5.11 Å². The molecule has 6 atom stereocenters. The normalized spacial score (nSPS) is 75.3. The number of hydrogen-bond acceptors (Lipinski definition) is 1. The molecule has 4 rings (SSSR count). The smallest absolute Gasteiger partial charge is 0.109 e. The average Bonchev–Trinajstić information content (AvgIpc) is 2.18. The third kappa shape index (κ3) is 0.306. The summed E-state index contributed by atoms with van der Waals surface area (Å²) in [6.45, 7) is 0. The van der Waals surface area contributed by atoms with Crippen molar-refractivity contribution in [3.63, 3.8) is 0 Å². The molecule has 0 saturated heterocycles. The van der Waals surface area contributed by atoms with Crippen molar-refractivity contribution < 1.29 is 9.50 Å². The minimum absolute atomic E-state index is 0.0324. The Morgan fingerprint density at radius 2 is 2.00 bits per heavy atom. The molecule has 0 aromatic carbocycles. The van der Waals surface area contributed by atoms with Gasteiger partial charge in [0.25, 0.3) is 0 Å². The van der Waals surface area contributed by atoms with Crippen LogP contribution in [-0.2, 0) is 0 Å². The number of aliphatic hydroxyl groups is 1. The van der Waals surface area contributed by atoms with Crippen LogP contribution in [0.2, 0.25) is 0 Å². The molecule has 4 fully saturated rings. The van der Waals surface area contributed by atoms with Crippen molar-refractivity contribution in [2.24, 2.45) is 23.7 Å². The number of alkyl halides is 1. The first kappa shape index (κ1) is 4.67. The highest BCUT2D eigenvalue weighted by atomic mass is 19.1. The molecule has 0 heterocycles. The van der Waals surface area contributed by atoms with Crippen LogP contribution in [0.4, 0.5) is 4.39 Å². The van der Waals surface area contributed by atoms with Gasteiger partial charge in [0.05, 0.1) is 6.10 Å². The van der Waals surface area contributed by atoms with Crippen LogP contribution in [0.3, 0.4) is 0 Å². The molecule has 4 aliphatic rings. The van der Waals surface area contributed by atoms with Crippen LogP contribution >= 0.6 is 0 Å². The van der Waals surface area contributed by atoms with Crippen LogP contribution in [0.1, 0.15) is 6.42 Å². The van der Waals surface area contributed by atoms with Crippen molar-refractivity contribution in [1.82, 2.24) is 0 Å². The standard InChI is InChI=1S/C7H9FO/c8-6-3-1-2-4(6)5(2)7(3)9/h2-7,9H,1H2/t2-,3+,4?,5?,6-,7+/m1/s1. The van der Waals surface area contributed by atoms with Crippen LogP contribution in [0.15, 0.2) is 0 Å². The Labute approximate surface area is 52.9 Å². The van der Waals surface area contributed by atoms with E-state index in [0.717, 1.165) is 6.42 Å². The molecule has 0 aliphatic heterocycles. The Morgan fingerprint density at radius 3 is 2.11 bits per heavy atom. The van der Waals surface area contributed by atoms with E-state index >= 15 is 0 Å². The van der Waals surface area contributed by atoms with Gasteiger partial charge in [-0.05, 0) is 24.2 Å². The van der Waals surface area contributed by atoms with E-state index in [4.69, 9.17) is 0 Å². The van der Waals surface area contributed by atoms with Gasteiger partial charge in [0.15, 0.2) is 0 Å². The molecule has 4 aliphatic carbocycles. The molecule has 2 heteroatoms. The van der Waals surface area contributed by atoms with E-state index in [1.807, 2.05) is 0 Å². The maximum Gasteiger partial charge on any atom is 0.109 e. The second kappa shape index (κ2) is 1.05. The Hall–Kier alpha value is -0.110. The molecule has 9 heavy (non-hydrogen) atoms. The zero-order valence-corrected chi connectivity index (χ0v) is 5.00. The van der Waals surface area contributed by atoms with Gasteiger partial charge in [0, 0.05) is 5.92 Å². The predicted molar refractivity (Wildman–Crippen MR) is 29.5 cm³/mol. The van der Waals surface area contributed by atoms with Gasteiger partial charge in [-0.25, -0.2) is 4.39 Å². The fourth-order valence-corrected chi connectivity index (χ4v) is 3.01. The lowest BCUT2D eigenvalue weighted by Gasteiger charge is -2.07. The summed E-state index contributed by atoms with van der Waals surface area (Å²) in [5.41, 5.74) is 0. The molecule has 0 aromatic rings. The first-order chi connectivity index (χ1) is 4.30. The number of aliphatic hydroxyl groups excluding tert-OH is 1. The SMILES string of the molecule is O[C@@H]1C2C3[C@H]2C[C@H]1[C@H]3F. The van der Waals surface area contributed by atoms with Crippen molar-refractivity contribution in [3.05, 3.63) is 0 Å². The van der Waals surface area contributed by atoms with E-state index in [1.54, 1.807) is 0 Å². The number of hydrogen-bond donors (Lipinski definition) is 1. The Morgan fingerprint density at radius 1 is 1.22 bits per heavy atom. The van der Waals surface area contributed by atoms with E-state index in [9.17, 15) is 9.50 Å². The number of rotatable bonds is 0. The summed E-state index contributed by atoms with van der Waals surface area (Å²) in [5.74, 6) is 1.28. The van der Waals surface area contributed by atoms with E-state index in [0.29, 0.717) is 11.8 Å². The van der Waals surface area contributed by atoms with Crippen molar-refractivity contribution in [3.8, 4) is 0 Å². The monoisotopic (exact) mass is 128 g/mol. The molecule has 2 unspecified atom stereocenters. The molecular formula is C7H9FO. The summed E-state index contributed by atoms with van der Waals surface area (Å²) >= 11 is 0. The van der Waals surface area contributed by atoms with Crippen LogP contribution in [0.5, 0.6) is 0 Å². The zero-order chi connectivity index (χ0) is 6.17. The van der Waals surface area contributed by atoms with E-state index in [1.165, 1.54) is 0 Å². The lowest BCUT2D eigenvalue weighted by atomic mass is 10.1. The topological polar surface area (TPSA) is 20.2 Å². The maximum atomic E-state index is 12.9. The molecule has 0 spiro atoms. The highest BCUT2D eigenvalue weighted by molar-refractivity contribution is 5.21. The molecule has 0 aromatic heterocycles. The summed E-state index contributed by atoms with van der Waals surface area (Å²) in [5, 5.41) is 9.28. The fraction of sp³-hybridized carbons (Fsp3) is 1.00. The van der Waals surface area contributed by atoms with Gasteiger partial charge in [-0.2, -0.15) is 0 Å². The summed E-state index contributed by atoms with van der Waals surface area (Å²) in [6.07, 6.45) is 0.0579. The van der Waals surface area contributed by atoms with E-state index < -0.39 is 6.17 Å². The summed E-state index contributed by atoms with van der Waals surface area (Å²) in [7, 11) is 0. The van der Waals surface area contributed by atoms with Crippen LogP contribution < -0.4 is 0 Å². The highest BCUT2D eigenvalue weighted by Gasteiger charge is 2.74.